The molecule has 0 saturated heterocycles. The first-order valence-corrected chi connectivity index (χ1v) is 9.68. The molecule has 29 heavy (non-hydrogen) atoms. The number of benzene rings is 1. The number of hydrogen-bond acceptors (Lipinski definition) is 4. The molecule has 9 heteroatoms. The van der Waals surface area contributed by atoms with Crippen molar-refractivity contribution in [1.82, 2.24) is 28.5 Å². The second-order valence-corrected chi connectivity index (χ2v) is 7.40. The highest BCUT2D eigenvalue weighted by atomic mass is 35.5. The zero-order valence-electron chi connectivity index (χ0n) is 16.7. The maximum atomic E-state index is 13.2. The van der Waals surface area contributed by atoms with E-state index in [0.717, 1.165) is 17.0 Å². The summed E-state index contributed by atoms with van der Waals surface area (Å²) in [5.41, 5.74) is 2.44. The van der Waals surface area contributed by atoms with Gasteiger partial charge in [-0.1, -0.05) is 29.8 Å². The van der Waals surface area contributed by atoms with Crippen LogP contribution in [-0.4, -0.2) is 28.5 Å². The molecule has 0 radical (unpaired) electrons. The molecule has 0 fully saturated rings. The van der Waals surface area contributed by atoms with Crippen molar-refractivity contribution >= 4 is 22.8 Å². The molecular weight excluding hydrogens is 392 g/mol. The van der Waals surface area contributed by atoms with Crippen molar-refractivity contribution in [2.75, 3.05) is 0 Å². The molecule has 0 unspecified atom stereocenters. The maximum absolute atomic E-state index is 13.2. The summed E-state index contributed by atoms with van der Waals surface area (Å²) in [6, 6.07) is 9.39. The number of aryl methyl sites for hydroxylation is 3. The van der Waals surface area contributed by atoms with Gasteiger partial charge in [-0.2, -0.15) is 10.1 Å². The smallest absolute Gasteiger partial charge is 0.298 e. The Hall–Kier alpha value is -3.13. The van der Waals surface area contributed by atoms with Crippen molar-refractivity contribution < 1.29 is 0 Å². The van der Waals surface area contributed by atoms with Crippen molar-refractivity contribution in [1.29, 1.82) is 0 Å². The fraction of sp³-hybridized carbons (Fsp3) is 0.300. The van der Waals surface area contributed by atoms with Crippen LogP contribution >= 0.6 is 11.6 Å². The summed E-state index contributed by atoms with van der Waals surface area (Å²) in [5, 5.41) is 5.12. The van der Waals surface area contributed by atoms with Crippen LogP contribution in [0.15, 0.2) is 39.9 Å². The van der Waals surface area contributed by atoms with Gasteiger partial charge >= 0.3 is 5.69 Å². The van der Waals surface area contributed by atoms with Gasteiger partial charge in [0.05, 0.1) is 12.2 Å². The van der Waals surface area contributed by atoms with Crippen LogP contribution in [0.2, 0.25) is 5.02 Å². The van der Waals surface area contributed by atoms with Gasteiger partial charge in [-0.15, -0.1) is 0 Å². The van der Waals surface area contributed by atoms with E-state index in [2.05, 4.69) is 10.1 Å². The van der Waals surface area contributed by atoms with Crippen LogP contribution in [0, 0.1) is 13.8 Å². The zero-order valence-corrected chi connectivity index (χ0v) is 17.4. The fourth-order valence-electron chi connectivity index (χ4n) is 3.58. The minimum atomic E-state index is -0.396. The fourth-order valence-corrected chi connectivity index (χ4v) is 3.77. The SMILES string of the molecule is CCn1c(=O)c2c(nc(-n3nc(C)cc3C)n2Cc2ccccc2Cl)n(C)c1=O. The van der Waals surface area contributed by atoms with E-state index in [4.69, 9.17) is 11.6 Å². The summed E-state index contributed by atoms with van der Waals surface area (Å²) in [7, 11) is 1.62. The molecule has 0 aliphatic carbocycles. The first-order chi connectivity index (χ1) is 13.8. The van der Waals surface area contributed by atoms with Crippen LogP contribution in [0.5, 0.6) is 0 Å². The molecule has 0 bridgehead atoms. The molecule has 0 saturated carbocycles. The molecule has 0 aliphatic heterocycles. The normalized spacial score (nSPS) is 11.5. The predicted molar refractivity (Wildman–Crippen MR) is 112 cm³/mol. The van der Waals surface area contributed by atoms with E-state index in [-0.39, 0.29) is 12.1 Å². The third kappa shape index (κ3) is 3.00. The van der Waals surface area contributed by atoms with Gasteiger partial charge in [-0.3, -0.25) is 18.5 Å². The van der Waals surface area contributed by atoms with Crippen LogP contribution in [0.25, 0.3) is 17.1 Å². The van der Waals surface area contributed by atoms with Gasteiger partial charge in [0, 0.05) is 24.3 Å². The van der Waals surface area contributed by atoms with Crippen LogP contribution in [0.4, 0.5) is 0 Å². The molecule has 4 aromatic rings. The molecule has 150 valence electrons. The Morgan fingerprint density at radius 2 is 1.83 bits per heavy atom. The van der Waals surface area contributed by atoms with E-state index >= 15 is 0 Å². The standard InChI is InChI=1S/C20H21ClN6O2/c1-5-25-18(28)16-17(24(4)20(25)29)22-19(27-13(3)10-12(2)23-27)26(16)11-14-8-6-7-9-15(14)21/h6-10H,5,11H2,1-4H3. The lowest BCUT2D eigenvalue weighted by Gasteiger charge is -2.12. The van der Waals surface area contributed by atoms with Crippen LogP contribution in [-0.2, 0) is 20.1 Å². The number of fused-ring (bicyclic) bond motifs is 1. The summed E-state index contributed by atoms with van der Waals surface area (Å²) in [4.78, 5) is 30.4. The number of rotatable bonds is 4. The first-order valence-electron chi connectivity index (χ1n) is 9.30. The van der Waals surface area contributed by atoms with Gasteiger partial charge in [-0.05, 0) is 38.5 Å². The molecule has 3 aromatic heterocycles. The molecule has 4 rings (SSSR count). The average molecular weight is 413 g/mol. The van der Waals surface area contributed by atoms with E-state index < -0.39 is 5.69 Å². The van der Waals surface area contributed by atoms with Crippen molar-refractivity contribution in [3.63, 3.8) is 0 Å². The summed E-state index contributed by atoms with van der Waals surface area (Å²) in [6.07, 6.45) is 0. The second-order valence-electron chi connectivity index (χ2n) is 6.99. The second kappa shape index (κ2) is 7.04. The van der Waals surface area contributed by atoms with Crippen molar-refractivity contribution in [2.45, 2.75) is 33.9 Å². The Bertz CT molecular complexity index is 1360. The third-order valence-corrected chi connectivity index (χ3v) is 5.38. The highest BCUT2D eigenvalue weighted by Gasteiger charge is 2.22. The van der Waals surface area contributed by atoms with E-state index in [9.17, 15) is 9.59 Å². The summed E-state index contributed by atoms with van der Waals surface area (Å²) < 4.78 is 6.08. The Balaban J connectivity index is 2.12. The minimum Gasteiger partial charge on any atom is -0.298 e. The van der Waals surface area contributed by atoms with Crippen LogP contribution < -0.4 is 11.2 Å². The number of hydrogen-bond donors (Lipinski definition) is 0. The molecular formula is C20H21ClN6O2. The minimum absolute atomic E-state index is 0.272. The van der Waals surface area contributed by atoms with Crippen molar-refractivity contribution in [3.05, 3.63) is 73.1 Å². The summed E-state index contributed by atoms with van der Waals surface area (Å²) in [6.45, 7) is 6.17. The monoisotopic (exact) mass is 412 g/mol. The topological polar surface area (TPSA) is 79.6 Å². The van der Waals surface area contributed by atoms with Crippen molar-refractivity contribution in [3.8, 4) is 5.95 Å². The Kier molecular flexibility index (Phi) is 4.66. The molecule has 0 atom stereocenters. The highest BCUT2D eigenvalue weighted by molar-refractivity contribution is 6.31. The quantitative estimate of drug-likeness (QED) is 0.515. The average Bonchev–Trinajstić information content (AvgIpc) is 3.22. The van der Waals surface area contributed by atoms with E-state index in [1.165, 1.54) is 9.13 Å². The largest absolute Gasteiger partial charge is 0.332 e. The summed E-state index contributed by atoms with van der Waals surface area (Å²) >= 11 is 6.39. The van der Waals surface area contributed by atoms with Crippen LogP contribution in [0.3, 0.4) is 0 Å². The van der Waals surface area contributed by atoms with Gasteiger partial charge in [0.25, 0.3) is 5.56 Å². The van der Waals surface area contributed by atoms with Crippen molar-refractivity contribution in [2.24, 2.45) is 7.05 Å². The first kappa shape index (κ1) is 19.2. The van der Waals surface area contributed by atoms with E-state index in [0.29, 0.717) is 28.7 Å². The van der Waals surface area contributed by atoms with Gasteiger partial charge in [0.1, 0.15) is 0 Å². The molecule has 0 N–H and O–H groups in total. The van der Waals surface area contributed by atoms with Gasteiger partial charge in [0.15, 0.2) is 11.2 Å². The highest BCUT2D eigenvalue weighted by Crippen LogP contribution is 2.22. The maximum Gasteiger partial charge on any atom is 0.332 e. The predicted octanol–water partition coefficient (Wildman–Crippen LogP) is 2.42. The third-order valence-electron chi connectivity index (χ3n) is 5.01. The number of imidazole rings is 1. The lowest BCUT2D eigenvalue weighted by molar-refractivity contribution is 0.633. The Morgan fingerprint density at radius 3 is 2.45 bits per heavy atom. The lowest BCUT2D eigenvalue weighted by Crippen LogP contribution is -2.39. The van der Waals surface area contributed by atoms with Crippen LogP contribution in [0.1, 0.15) is 23.9 Å². The van der Waals surface area contributed by atoms with E-state index in [1.807, 2.05) is 38.1 Å². The molecule has 3 heterocycles. The zero-order chi connectivity index (χ0) is 20.9. The Labute approximate surface area is 171 Å². The van der Waals surface area contributed by atoms with Gasteiger partial charge < -0.3 is 0 Å². The lowest BCUT2D eigenvalue weighted by atomic mass is 10.2. The van der Waals surface area contributed by atoms with Gasteiger partial charge in [-0.25, -0.2) is 9.48 Å². The molecule has 1 aromatic carbocycles. The van der Waals surface area contributed by atoms with E-state index in [1.54, 1.807) is 29.3 Å². The molecule has 0 aliphatic rings. The van der Waals surface area contributed by atoms with Gasteiger partial charge in [0.2, 0.25) is 5.95 Å². The number of halogens is 1. The molecule has 8 nitrogen and oxygen atoms in total. The molecule has 0 amide bonds. The summed E-state index contributed by atoms with van der Waals surface area (Å²) in [5.74, 6) is 0.464. The number of aromatic nitrogens is 6. The Morgan fingerprint density at radius 1 is 1.10 bits per heavy atom. The number of nitrogens with zero attached hydrogens (tertiary/aromatic N) is 6. The molecule has 0 spiro atoms.